The molecule has 2 aromatic carbocycles. The number of hydrogen-bond donors (Lipinski definition) is 1. The molecular formula is C17H15ClFN3O3S. The summed E-state index contributed by atoms with van der Waals surface area (Å²) in [5.74, 6) is -0.625. The van der Waals surface area contributed by atoms with E-state index < -0.39 is 15.8 Å². The minimum Gasteiger partial charge on any atom is -0.495 e. The number of aryl methyl sites for hydroxylation is 1. The van der Waals surface area contributed by atoms with Crippen LogP contribution in [-0.2, 0) is 10.0 Å². The van der Waals surface area contributed by atoms with Crippen LogP contribution >= 0.6 is 11.6 Å². The zero-order valence-corrected chi connectivity index (χ0v) is 15.5. The van der Waals surface area contributed by atoms with Gasteiger partial charge in [0.1, 0.15) is 21.6 Å². The van der Waals surface area contributed by atoms with Gasteiger partial charge in [0.2, 0.25) is 0 Å². The molecule has 6 nitrogen and oxygen atoms in total. The molecule has 26 heavy (non-hydrogen) atoms. The van der Waals surface area contributed by atoms with E-state index in [-0.39, 0.29) is 10.6 Å². The van der Waals surface area contributed by atoms with Gasteiger partial charge in [0.05, 0.1) is 18.5 Å². The van der Waals surface area contributed by atoms with Crippen molar-refractivity contribution in [2.75, 3.05) is 11.8 Å². The summed E-state index contributed by atoms with van der Waals surface area (Å²) in [4.78, 5) is -0.283. The third-order valence-corrected chi connectivity index (χ3v) is 5.24. The predicted molar refractivity (Wildman–Crippen MR) is 97.1 cm³/mol. The van der Waals surface area contributed by atoms with Crippen molar-refractivity contribution in [1.82, 2.24) is 9.78 Å². The van der Waals surface area contributed by atoms with Crippen LogP contribution in [-0.4, -0.2) is 25.3 Å². The highest BCUT2D eigenvalue weighted by atomic mass is 35.5. The van der Waals surface area contributed by atoms with Gasteiger partial charge in [-0.25, -0.2) is 17.5 Å². The molecule has 1 heterocycles. The highest BCUT2D eigenvalue weighted by Crippen LogP contribution is 2.27. The quantitative estimate of drug-likeness (QED) is 0.713. The number of anilines is 1. The summed E-state index contributed by atoms with van der Waals surface area (Å²) in [5.41, 5.74) is 1.74. The maximum absolute atomic E-state index is 13.5. The first-order valence-electron chi connectivity index (χ1n) is 7.49. The minimum atomic E-state index is -4.02. The molecule has 3 rings (SSSR count). The smallest absolute Gasteiger partial charge is 0.265 e. The summed E-state index contributed by atoms with van der Waals surface area (Å²) >= 11 is 6.09. The van der Waals surface area contributed by atoms with E-state index in [0.717, 1.165) is 17.8 Å². The summed E-state index contributed by atoms with van der Waals surface area (Å²) in [6, 6.07) is 11.5. The number of nitrogens with zero attached hydrogens (tertiary/aromatic N) is 2. The number of ether oxygens (including phenoxy) is 1. The Labute approximate surface area is 155 Å². The molecule has 0 atom stereocenters. The fraction of sp³-hybridized carbons (Fsp3) is 0.118. The van der Waals surface area contributed by atoms with Gasteiger partial charge < -0.3 is 4.74 Å². The number of sulfonamides is 1. The van der Waals surface area contributed by atoms with E-state index in [4.69, 9.17) is 16.3 Å². The van der Waals surface area contributed by atoms with E-state index in [1.165, 1.54) is 17.9 Å². The van der Waals surface area contributed by atoms with Crippen molar-refractivity contribution in [1.29, 1.82) is 0 Å². The summed E-state index contributed by atoms with van der Waals surface area (Å²) in [6.45, 7) is 1.82. The van der Waals surface area contributed by atoms with Crippen molar-refractivity contribution in [2.24, 2.45) is 0 Å². The van der Waals surface area contributed by atoms with Crippen LogP contribution in [0.5, 0.6) is 5.75 Å². The molecule has 0 radical (unpaired) electrons. The van der Waals surface area contributed by atoms with Crippen molar-refractivity contribution in [3.05, 3.63) is 65.2 Å². The number of benzene rings is 2. The van der Waals surface area contributed by atoms with Gasteiger partial charge in [-0.15, -0.1) is 0 Å². The van der Waals surface area contributed by atoms with E-state index in [2.05, 4.69) is 9.82 Å². The predicted octanol–water partition coefficient (Wildman–Crippen LogP) is 3.78. The van der Waals surface area contributed by atoms with E-state index >= 15 is 0 Å². The fourth-order valence-corrected chi connectivity index (χ4v) is 3.92. The Morgan fingerprint density at radius 2 is 1.85 bits per heavy atom. The third kappa shape index (κ3) is 3.66. The molecule has 9 heteroatoms. The lowest BCUT2D eigenvalue weighted by molar-refractivity contribution is 0.401. The lowest BCUT2D eigenvalue weighted by Gasteiger charge is -2.12. The number of rotatable bonds is 5. The molecule has 0 bridgehead atoms. The number of halogens is 2. The molecule has 1 aromatic heterocycles. The van der Waals surface area contributed by atoms with E-state index in [9.17, 15) is 12.8 Å². The van der Waals surface area contributed by atoms with Crippen molar-refractivity contribution < 1.29 is 17.5 Å². The zero-order valence-electron chi connectivity index (χ0n) is 13.9. The topological polar surface area (TPSA) is 73.2 Å². The summed E-state index contributed by atoms with van der Waals surface area (Å²) in [6.07, 6.45) is 0. The van der Waals surface area contributed by atoms with E-state index in [1.807, 2.05) is 6.92 Å². The molecule has 3 aromatic rings. The Morgan fingerprint density at radius 1 is 1.15 bits per heavy atom. The average molecular weight is 396 g/mol. The zero-order chi connectivity index (χ0) is 18.9. The summed E-state index contributed by atoms with van der Waals surface area (Å²) < 4.78 is 47.5. The van der Waals surface area contributed by atoms with Gasteiger partial charge in [0.25, 0.3) is 10.0 Å². The molecule has 0 aliphatic carbocycles. The molecular weight excluding hydrogens is 381 g/mol. The first kappa shape index (κ1) is 18.2. The van der Waals surface area contributed by atoms with Crippen molar-refractivity contribution in [3.8, 4) is 11.4 Å². The van der Waals surface area contributed by atoms with Gasteiger partial charge in [-0.1, -0.05) is 11.6 Å². The number of aromatic nitrogens is 2. The normalized spacial score (nSPS) is 11.4. The van der Waals surface area contributed by atoms with Crippen LogP contribution in [0.25, 0.3) is 5.69 Å². The first-order valence-corrected chi connectivity index (χ1v) is 9.35. The van der Waals surface area contributed by atoms with Crippen LogP contribution in [0.2, 0.25) is 5.15 Å². The molecule has 0 aliphatic heterocycles. The van der Waals surface area contributed by atoms with Gasteiger partial charge in [-0.05, 0) is 55.5 Å². The van der Waals surface area contributed by atoms with Crippen molar-refractivity contribution >= 4 is 27.3 Å². The van der Waals surface area contributed by atoms with Crippen LogP contribution in [0.1, 0.15) is 5.69 Å². The maximum atomic E-state index is 13.5. The largest absolute Gasteiger partial charge is 0.495 e. The van der Waals surface area contributed by atoms with E-state index in [0.29, 0.717) is 16.5 Å². The molecule has 1 N–H and O–H groups in total. The number of nitrogens with one attached hydrogen (secondary N) is 1. The Hall–Kier alpha value is -2.58. The standard InChI is InChI=1S/C17H15ClFN3O3S/c1-11-9-17(18)22(20-11)14-6-4-13(5-7-14)21-26(23,24)16-10-12(19)3-8-15(16)25-2/h3-10,21H,1-2H3. The van der Waals surface area contributed by atoms with Crippen LogP contribution in [0.3, 0.4) is 0 Å². The van der Waals surface area contributed by atoms with Crippen LogP contribution in [0.4, 0.5) is 10.1 Å². The lowest BCUT2D eigenvalue weighted by Crippen LogP contribution is -2.14. The molecule has 0 saturated carbocycles. The Balaban J connectivity index is 1.89. The van der Waals surface area contributed by atoms with Crippen LogP contribution in [0, 0.1) is 12.7 Å². The lowest BCUT2D eigenvalue weighted by atomic mass is 10.3. The second kappa shape index (κ2) is 6.97. The van der Waals surface area contributed by atoms with Gasteiger partial charge in [-0.2, -0.15) is 5.10 Å². The monoisotopic (exact) mass is 395 g/mol. The molecule has 0 spiro atoms. The molecule has 0 unspecified atom stereocenters. The SMILES string of the molecule is COc1ccc(F)cc1S(=O)(=O)Nc1ccc(-n2nc(C)cc2Cl)cc1. The molecule has 0 amide bonds. The number of methoxy groups -OCH3 is 1. The van der Waals surface area contributed by atoms with Crippen LogP contribution < -0.4 is 9.46 Å². The molecule has 0 fully saturated rings. The molecule has 136 valence electrons. The fourth-order valence-electron chi connectivity index (χ4n) is 2.39. The average Bonchev–Trinajstić information content (AvgIpc) is 2.93. The maximum Gasteiger partial charge on any atom is 0.265 e. The summed E-state index contributed by atoms with van der Waals surface area (Å²) in [7, 11) is -2.71. The second-order valence-corrected chi connectivity index (χ2v) is 7.51. The Morgan fingerprint density at radius 3 is 2.42 bits per heavy atom. The molecule has 0 aliphatic rings. The van der Waals surface area contributed by atoms with Gasteiger partial charge in [0, 0.05) is 5.69 Å². The number of hydrogen-bond acceptors (Lipinski definition) is 4. The minimum absolute atomic E-state index is 0.0503. The molecule has 0 saturated heterocycles. The van der Waals surface area contributed by atoms with Gasteiger partial charge in [-0.3, -0.25) is 4.72 Å². The van der Waals surface area contributed by atoms with E-state index in [1.54, 1.807) is 30.3 Å². The highest BCUT2D eigenvalue weighted by molar-refractivity contribution is 7.92. The highest BCUT2D eigenvalue weighted by Gasteiger charge is 2.20. The Kier molecular flexibility index (Phi) is 4.88. The summed E-state index contributed by atoms with van der Waals surface area (Å²) in [5, 5.41) is 4.70. The Bertz CT molecular complexity index is 1050. The van der Waals surface area contributed by atoms with Gasteiger partial charge in [0.15, 0.2) is 0 Å². The van der Waals surface area contributed by atoms with Crippen molar-refractivity contribution in [2.45, 2.75) is 11.8 Å². The third-order valence-electron chi connectivity index (χ3n) is 3.57. The van der Waals surface area contributed by atoms with Crippen LogP contribution in [0.15, 0.2) is 53.4 Å². The van der Waals surface area contributed by atoms with Crippen molar-refractivity contribution in [3.63, 3.8) is 0 Å². The second-order valence-electron chi connectivity index (χ2n) is 5.47. The van der Waals surface area contributed by atoms with Gasteiger partial charge >= 0.3 is 0 Å². The first-order chi connectivity index (χ1) is 12.3.